The maximum absolute atomic E-state index is 5.27. The minimum Gasteiger partial charge on any atom is -0.481 e. The van der Waals surface area contributed by atoms with E-state index in [1.807, 2.05) is 6.92 Å². The number of anilines is 1. The van der Waals surface area contributed by atoms with Gasteiger partial charge in [0, 0.05) is 26.2 Å². The van der Waals surface area contributed by atoms with Crippen molar-refractivity contribution in [3.8, 4) is 11.8 Å². The third kappa shape index (κ3) is 2.48. The van der Waals surface area contributed by atoms with Gasteiger partial charge in [0.15, 0.2) is 0 Å². The van der Waals surface area contributed by atoms with Crippen LogP contribution in [0.15, 0.2) is 0 Å². The molecule has 0 unspecified atom stereocenters. The zero-order valence-corrected chi connectivity index (χ0v) is 11.4. The number of likely N-dealkylation sites (N-methyl/N-ethyl adjacent to an activating group) is 1. The summed E-state index contributed by atoms with van der Waals surface area (Å²) in [5, 5.41) is 0. The van der Waals surface area contributed by atoms with E-state index in [2.05, 4.69) is 26.8 Å². The highest BCUT2D eigenvalue weighted by Crippen LogP contribution is 2.26. The van der Waals surface area contributed by atoms with Gasteiger partial charge in [-0.05, 0) is 14.0 Å². The number of piperazine rings is 1. The van der Waals surface area contributed by atoms with Crippen molar-refractivity contribution in [2.45, 2.75) is 6.92 Å². The number of rotatable bonds is 3. The van der Waals surface area contributed by atoms with Crippen molar-refractivity contribution < 1.29 is 9.47 Å². The van der Waals surface area contributed by atoms with Gasteiger partial charge in [-0.25, -0.2) is 0 Å². The van der Waals surface area contributed by atoms with Crippen LogP contribution in [0.1, 0.15) is 5.56 Å². The zero-order valence-electron chi connectivity index (χ0n) is 11.4. The summed E-state index contributed by atoms with van der Waals surface area (Å²) in [6.45, 7) is 5.77. The summed E-state index contributed by atoms with van der Waals surface area (Å²) in [7, 11) is 5.35. The fourth-order valence-electron chi connectivity index (χ4n) is 2.01. The number of methoxy groups -OCH3 is 2. The molecule has 1 fully saturated rings. The molecule has 18 heavy (non-hydrogen) atoms. The monoisotopic (exact) mass is 252 g/mol. The van der Waals surface area contributed by atoms with Crippen molar-refractivity contribution in [1.82, 2.24) is 14.9 Å². The van der Waals surface area contributed by atoms with Crippen molar-refractivity contribution in [1.29, 1.82) is 0 Å². The summed E-state index contributed by atoms with van der Waals surface area (Å²) < 4.78 is 10.5. The highest BCUT2D eigenvalue weighted by atomic mass is 16.5. The number of hydrogen-bond acceptors (Lipinski definition) is 6. The van der Waals surface area contributed by atoms with Gasteiger partial charge in [-0.2, -0.15) is 9.97 Å². The second-order valence-electron chi connectivity index (χ2n) is 4.46. The highest BCUT2D eigenvalue weighted by molar-refractivity contribution is 5.43. The van der Waals surface area contributed by atoms with Gasteiger partial charge in [0.1, 0.15) is 0 Å². The number of nitrogens with zero attached hydrogens (tertiary/aromatic N) is 4. The lowest BCUT2D eigenvalue weighted by molar-refractivity contribution is 0.309. The molecule has 1 aromatic rings. The van der Waals surface area contributed by atoms with Gasteiger partial charge >= 0.3 is 0 Å². The van der Waals surface area contributed by atoms with Crippen molar-refractivity contribution in [3.05, 3.63) is 5.56 Å². The Balaban J connectivity index is 2.27. The van der Waals surface area contributed by atoms with E-state index in [0.29, 0.717) is 17.7 Å². The summed E-state index contributed by atoms with van der Waals surface area (Å²) in [6, 6.07) is 0. The van der Waals surface area contributed by atoms with Crippen LogP contribution in [0.2, 0.25) is 0 Å². The molecule has 2 rings (SSSR count). The molecule has 0 spiro atoms. The largest absolute Gasteiger partial charge is 0.481 e. The lowest BCUT2D eigenvalue weighted by Crippen LogP contribution is -2.45. The molecule has 1 aromatic heterocycles. The fraction of sp³-hybridized carbons (Fsp3) is 0.667. The van der Waals surface area contributed by atoms with E-state index in [0.717, 1.165) is 31.7 Å². The van der Waals surface area contributed by atoms with Crippen LogP contribution >= 0.6 is 0 Å². The molecule has 1 saturated heterocycles. The van der Waals surface area contributed by atoms with Crippen LogP contribution in [0.25, 0.3) is 0 Å². The number of ether oxygens (including phenoxy) is 2. The summed E-state index contributed by atoms with van der Waals surface area (Å²) >= 11 is 0. The molecule has 1 aliphatic rings. The Kier molecular flexibility index (Phi) is 3.86. The number of hydrogen-bond donors (Lipinski definition) is 0. The summed E-state index contributed by atoms with van der Waals surface area (Å²) in [5.41, 5.74) is 0.831. The van der Waals surface area contributed by atoms with Gasteiger partial charge in [0.25, 0.3) is 0 Å². The molecule has 0 saturated carbocycles. The van der Waals surface area contributed by atoms with E-state index in [9.17, 15) is 0 Å². The van der Waals surface area contributed by atoms with E-state index in [-0.39, 0.29) is 0 Å². The van der Waals surface area contributed by atoms with E-state index in [1.54, 1.807) is 14.2 Å². The average Bonchev–Trinajstić information content (AvgIpc) is 2.40. The van der Waals surface area contributed by atoms with Crippen molar-refractivity contribution in [2.24, 2.45) is 0 Å². The smallest absolute Gasteiger partial charge is 0.232 e. The van der Waals surface area contributed by atoms with Crippen LogP contribution in [-0.2, 0) is 0 Å². The van der Waals surface area contributed by atoms with E-state index >= 15 is 0 Å². The Hall–Kier alpha value is -1.56. The SMILES string of the molecule is COc1nc(N2CCN(C)CC2)nc(OC)c1C. The first-order valence-electron chi connectivity index (χ1n) is 6.05. The molecule has 0 aliphatic carbocycles. The van der Waals surface area contributed by atoms with Gasteiger partial charge in [-0.1, -0.05) is 0 Å². The molecule has 1 aliphatic heterocycles. The molecular weight excluding hydrogens is 232 g/mol. The molecule has 0 atom stereocenters. The Morgan fingerprint density at radius 2 is 1.44 bits per heavy atom. The second kappa shape index (κ2) is 5.39. The molecule has 2 heterocycles. The Labute approximate surface area is 108 Å². The predicted octanol–water partition coefficient (Wildman–Crippen LogP) is 0.554. The molecule has 0 bridgehead atoms. The lowest BCUT2D eigenvalue weighted by Gasteiger charge is -2.32. The van der Waals surface area contributed by atoms with Crippen LogP contribution in [-0.4, -0.2) is 62.3 Å². The molecule has 100 valence electrons. The highest BCUT2D eigenvalue weighted by Gasteiger charge is 2.20. The molecule has 0 N–H and O–H groups in total. The fourth-order valence-corrected chi connectivity index (χ4v) is 2.01. The zero-order chi connectivity index (χ0) is 13.1. The van der Waals surface area contributed by atoms with Crippen LogP contribution in [0.4, 0.5) is 5.95 Å². The minimum atomic E-state index is 0.579. The molecule has 0 amide bonds. The Morgan fingerprint density at radius 3 is 1.89 bits per heavy atom. The lowest BCUT2D eigenvalue weighted by atomic mass is 10.3. The first-order chi connectivity index (χ1) is 8.65. The van der Waals surface area contributed by atoms with Crippen LogP contribution in [0, 0.1) is 6.92 Å². The van der Waals surface area contributed by atoms with Gasteiger partial charge in [-0.15, -0.1) is 0 Å². The normalized spacial score (nSPS) is 16.8. The third-order valence-corrected chi connectivity index (χ3v) is 3.22. The Bertz CT molecular complexity index is 392. The first-order valence-corrected chi connectivity index (χ1v) is 6.05. The maximum Gasteiger partial charge on any atom is 0.232 e. The van der Waals surface area contributed by atoms with E-state index in [1.165, 1.54) is 0 Å². The van der Waals surface area contributed by atoms with Crippen LogP contribution in [0.3, 0.4) is 0 Å². The maximum atomic E-state index is 5.27. The summed E-state index contributed by atoms with van der Waals surface area (Å²) in [5.74, 6) is 1.84. The summed E-state index contributed by atoms with van der Waals surface area (Å²) in [4.78, 5) is 13.3. The third-order valence-electron chi connectivity index (χ3n) is 3.22. The topological polar surface area (TPSA) is 50.7 Å². The minimum absolute atomic E-state index is 0.579. The summed E-state index contributed by atoms with van der Waals surface area (Å²) in [6.07, 6.45) is 0. The number of aromatic nitrogens is 2. The standard InChI is InChI=1S/C12H20N4O2/c1-9-10(17-3)13-12(14-11(9)18-4)16-7-5-15(2)6-8-16/h5-8H2,1-4H3. The predicted molar refractivity (Wildman–Crippen MR) is 69.6 cm³/mol. The Morgan fingerprint density at radius 1 is 0.944 bits per heavy atom. The molecule has 6 heteroatoms. The van der Waals surface area contributed by atoms with Crippen molar-refractivity contribution >= 4 is 5.95 Å². The average molecular weight is 252 g/mol. The van der Waals surface area contributed by atoms with Gasteiger partial charge < -0.3 is 19.3 Å². The second-order valence-corrected chi connectivity index (χ2v) is 4.46. The quantitative estimate of drug-likeness (QED) is 0.783. The van der Waals surface area contributed by atoms with Gasteiger partial charge in [0.05, 0.1) is 19.8 Å². The van der Waals surface area contributed by atoms with Crippen LogP contribution < -0.4 is 14.4 Å². The molecule has 6 nitrogen and oxygen atoms in total. The first kappa shape index (κ1) is 12.9. The van der Waals surface area contributed by atoms with Gasteiger partial charge in [0.2, 0.25) is 17.7 Å². The van der Waals surface area contributed by atoms with Crippen molar-refractivity contribution in [2.75, 3.05) is 52.3 Å². The van der Waals surface area contributed by atoms with E-state index in [4.69, 9.17) is 9.47 Å². The molecular formula is C12H20N4O2. The van der Waals surface area contributed by atoms with Gasteiger partial charge in [-0.3, -0.25) is 0 Å². The molecule has 0 radical (unpaired) electrons. The van der Waals surface area contributed by atoms with E-state index < -0.39 is 0 Å². The molecule has 0 aromatic carbocycles. The van der Waals surface area contributed by atoms with Crippen LogP contribution in [0.5, 0.6) is 11.8 Å². The van der Waals surface area contributed by atoms with Crippen molar-refractivity contribution in [3.63, 3.8) is 0 Å².